The molecule has 0 saturated carbocycles. The maximum absolute atomic E-state index is 12.9. The minimum atomic E-state index is -0.299. The van der Waals surface area contributed by atoms with Gasteiger partial charge in [0.05, 0.1) is 18.4 Å². The summed E-state index contributed by atoms with van der Waals surface area (Å²) in [5.74, 6) is 1.05. The Kier molecular flexibility index (Phi) is 7.39. The molecule has 0 unspecified atom stereocenters. The predicted octanol–water partition coefficient (Wildman–Crippen LogP) is 3.02. The van der Waals surface area contributed by atoms with Gasteiger partial charge in [-0.05, 0) is 55.1 Å². The average Bonchev–Trinajstić information content (AvgIpc) is 2.88. The molecule has 8 nitrogen and oxygen atoms in total. The van der Waals surface area contributed by atoms with Crippen molar-refractivity contribution in [3.8, 4) is 5.75 Å². The molecule has 0 radical (unpaired) electrons. The van der Waals surface area contributed by atoms with Gasteiger partial charge in [0, 0.05) is 44.5 Å². The Morgan fingerprint density at radius 2 is 1.68 bits per heavy atom. The molecule has 2 heterocycles. The highest BCUT2D eigenvalue weighted by Crippen LogP contribution is 2.18. The summed E-state index contributed by atoms with van der Waals surface area (Å²) in [5.41, 5.74) is 2.23. The van der Waals surface area contributed by atoms with E-state index in [0.29, 0.717) is 29.1 Å². The van der Waals surface area contributed by atoms with E-state index in [0.717, 1.165) is 37.6 Å². The smallest absolute Gasteiger partial charge is 0.255 e. The number of carbonyl (C=O) groups excluding carboxylic acids is 2. The van der Waals surface area contributed by atoms with E-state index in [1.54, 1.807) is 61.8 Å². The van der Waals surface area contributed by atoms with Crippen LogP contribution in [0.5, 0.6) is 5.75 Å². The lowest BCUT2D eigenvalue weighted by atomic mass is 10.1. The molecule has 2 amide bonds. The molecule has 2 aromatic carbocycles. The molecule has 1 aliphatic rings. The molecule has 3 aromatic rings. The molecule has 1 aromatic heterocycles. The first-order valence-corrected chi connectivity index (χ1v) is 11.2. The van der Waals surface area contributed by atoms with Crippen molar-refractivity contribution in [3.05, 3.63) is 83.6 Å². The van der Waals surface area contributed by atoms with Gasteiger partial charge in [0.1, 0.15) is 11.6 Å². The number of anilines is 2. The minimum Gasteiger partial charge on any atom is -0.497 e. The van der Waals surface area contributed by atoms with Gasteiger partial charge in [-0.2, -0.15) is 0 Å². The van der Waals surface area contributed by atoms with Crippen LogP contribution in [0.25, 0.3) is 0 Å². The Hall–Kier alpha value is -3.91. The number of aromatic nitrogens is 1. The topological polar surface area (TPSA) is 86.8 Å². The van der Waals surface area contributed by atoms with Crippen molar-refractivity contribution < 1.29 is 14.3 Å². The molecule has 34 heavy (non-hydrogen) atoms. The number of pyridine rings is 1. The first-order chi connectivity index (χ1) is 16.5. The van der Waals surface area contributed by atoms with Gasteiger partial charge in [-0.3, -0.25) is 9.59 Å². The van der Waals surface area contributed by atoms with Gasteiger partial charge in [0.25, 0.3) is 11.8 Å². The Labute approximate surface area is 199 Å². The maximum atomic E-state index is 12.9. The second-order valence-corrected chi connectivity index (χ2v) is 8.23. The van der Waals surface area contributed by atoms with Crippen molar-refractivity contribution >= 4 is 23.3 Å². The standard InChI is InChI=1S/C26H29N5O3/c1-30-13-15-31(16-14-30)24-12-7-19(17-27-24)18-28-26(33)22-5-3-4-6-23(22)29-25(32)20-8-10-21(34-2)11-9-20/h3-12,17H,13-16,18H2,1-2H3,(H,28,33)(H,29,32). The van der Waals surface area contributed by atoms with Gasteiger partial charge < -0.3 is 25.2 Å². The SMILES string of the molecule is COc1ccc(C(=O)Nc2ccccc2C(=O)NCc2ccc(N3CCN(C)CC3)nc2)cc1. The maximum Gasteiger partial charge on any atom is 0.255 e. The van der Waals surface area contributed by atoms with E-state index >= 15 is 0 Å². The number of likely N-dealkylation sites (N-methyl/N-ethyl adjacent to an activating group) is 1. The van der Waals surface area contributed by atoms with Gasteiger partial charge in [-0.1, -0.05) is 18.2 Å². The molecular formula is C26H29N5O3. The molecule has 176 valence electrons. The first-order valence-electron chi connectivity index (χ1n) is 11.2. The van der Waals surface area contributed by atoms with Gasteiger partial charge in [-0.15, -0.1) is 0 Å². The van der Waals surface area contributed by atoms with Crippen LogP contribution in [0, 0.1) is 0 Å². The normalized spacial score (nSPS) is 13.9. The summed E-state index contributed by atoms with van der Waals surface area (Å²) in [4.78, 5) is 34.7. The van der Waals surface area contributed by atoms with Gasteiger partial charge >= 0.3 is 0 Å². The Morgan fingerprint density at radius 3 is 2.35 bits per heavy atom. The third-order valence-corrected chi connectivity index (χ3v) is 5.86. The van der Waals surface area contributed by atoms with Crippen LogP contribution >= 0.6 is 0 Å². The molecule has 2 N–H and O–H groups in total. The zero-order valence-electron chi connectivity index (χ0n) is 19.5. The van der Waals surface area contributed by atoms with Crippen molar-refractivity contribution in [3.63, 3.8) is 0 Å². The van der Waals surface area contributed by atoms with E-state index in [2.05, 4.69) is 32.5 Å². The molecule has 0 spiro atoms. The summed E-state index contributed by atoms with van der Waals surface area (Å²) in [5, 5.41) is 5.75. The first kappa shape index (κ1) is 23.3. The number of rotatable bonds is 7. The fraction of sp³-hybridized carbons (Fsp3) is 0.269. The van der Waals surface area contributed by atoms with Crippen LogP contribution in [0.2, 0.25) is 0 Å². The molecule has 0 aliphatic carbocycles. The van der Waals surface area contributed by atoms with Crippen LogP contribution in [-0.4, -0.2) is 62.0 Å². The van der Waals surface area contributed by atoms with Crippen LogP contribution in [0.15, 0.2) is 66.9 Å². The molecule has 8 heteroatoms. The number of nitrogens with zero attached hydrogens (tertiary/aromatic N) is 3. The third-order valence-electron chi connectivity index (χ3n) is 5.86. The second kappa shape index (κ2) is 10.8. The minimum absolute atomic E-state index is 0.270. The number of hydrogen-bond acceptors (Lipinski definition) is 6. The second-order valence-electron chi connectivity index (χ2n) is 8.23. The van der Waals surface area contributed by atoms with E-state index < -0.39 is 0 Å². The van der Waals surface area contributed by atoms with Crippen LogP contribution < -0.4 is 20.3 Å². The number of amides is 2. The van der Waals surface area contributed by atoms with Crippen molar-refractivity contribution in [1.29, 1.82) is 0 Å². The predicted molar refractivity (Wildman–Crippen MR) is 133 cm³/mol. The summed E-state index contributed by atoms with van der Waals surface area (Å²) in [6, 6.07) is 17.7. The Morgan fingerprint density at radius 1 is 0.941 bits per heavy atom. The average molecular weight is 460 g/mol. The number of nitrogens with one attached hydrogen (secondary N) is 2. The van der Waals surface area contributed by atoms with Crippen molar-refractivity contribution in [2.24, 2.45) is 0 Å². The van der Waals surface area contributed by atoms with Gasteiger partial charge in [0.15, 0.2) is 0 Å². The molecule has 0 bridgehead atoms. The van der Waals surface area contributed by atoms with Crippen LogP contribution in [-0.2, 0) is 6.54 Å². The zero-order valence-corrected chi connectivity index (χ0v) is 19.5. The molecule has 1 aliphatic heterocycles. The summed E-state index contributed by atoms with van der Waals surface area (Å²) in [7, 11) is 3.70. The van der Waals surface area contributed by atoms with Gasteiger partial charge in [-0.25, -0.2) is 4.98 Å². The van der Waals surface area contributed by atoms with E-state index in [-0.39, 0.29) is 11.8 Å². The highest BCUT2D eigenvalue weighted by Gasteiger charge is 2.16. The lowest BCUT2D eigenvalue weighted by Gasteiger charge is -2.33. The number of hydrogen-bond donors (Lipinski definition) is 2. The zero-order chi connectivity index (χ0) is 23.9. The van der Waals surface area contributed by atoms with E-state index in [9.17, 15) is 9.59 Å². The third kappa shape index (κ3) is 5.71. The van der Waals surface area contributed by atoms with Crippen LogP contribution in [0.4, 0.5) is 11.5 Å². The van der Waals surface area contributed by atoms with Crippen LogP contribution in [0.1, 0.15) is 26.3 Å². The van der Waals surface area contributed by atoms with Gasteiger partial charge in [0.2, 0.25) is 0 Å². The molecule has 0 atom stereocenters. The van der Waals surface area contributed by atoms with Crippen molar-refractivity contribution in [2.75, 3.05) is 50.6 Å². The number of para-hydroxylation sites is 1. The highest BCUT2D eigenvalue weighted by molar-refractivity contribution is 6.09. The summed E-state index contributed by atoms with van der Waals surface area (Å²) in [6.45, 7) is 4.30. The molecule has 1 fully saturated rings. The fourth-order valence-corrected chi connectivity index (χ4v) is 3.75. The Balaban J connectivity index is 1.36. The van der Waals surface area contributed by atoms with E-state index in [1.807, 2.05) is 12.1 Å². The quantitative estimate of drug-likeness (QED) is 0.565. The molecule has 4 rings (SSSR count). The van der Waals surface area contributed by atoms with Crippen LogP contribution in [0.3, 0.4) is 0 Å². The largest absolute Gasteiger partial charge is 0.497 e. The number of carbonyl (C=O) groups is 2. The number of piperazine rings is 1. The van der Waals surface area contributed by atoms with Crippen molar-refractivity contribution in [1.82, 2.24) is 15.2 Å². The number of methoxy groups -OCH3 is 1. The Bertz CT molecular complexity index is 1120. The van der Waals surface area contributed by atoms with E-state index in [1.165, 1.54) is 0 Å². The number of benzene rings is 2. The summed E-state index contributed by atoms with van der Waals surface area (Å²) in [6.07, 6.45) is 1.80. The highest BCUT2D eigenvalue weighted by atomic mass is 16.5. The van der Waals surface area contributed by atoms with E-state index in [4.69, 9.17) is 4.74 Å². The fourth-order valence-electron chi connectivity index (χ4n) is 3.75. The van der Waals surface area contributed by atoms with Crippen molar-refractivity contribution in [2.45, 2.75) is 6.54 Å². The summed E-state index contributed by atoms with van der Waals surface area (Å²) >= 11 is 0. The molecular weight excluding hydrogens is 430 g/mol. The monoisotopic (exact) mass is 459 g/mol. The summed E-state index contributed by atoms with van der Waals surface area (Å²) < 4.78 is 5.13. The molecule has 1 saturated heterocycles. The number of ether oxygens (including phenoxy) is 1. The lowest BCUT2D eigenvalue weighted by Crippen LogP contribution is -2.44. The lowest BCUT2D eigenvalue weighted by molar-refractivity contribution is 0.0951.